The molecule has 0 unspecified atom stereocenters. The molecule has 0 aliphatic heterocycles. The maximum Gasteiger partial charge on any atom is 0.288 e. The Hall–Kier alpha value is -1.64. The molecule has 2 aromatic rings. The number of rotatable bonds is 1. The number of aromatic nitrogens is 3. The zero-order valence-electron chi connectivity index (χ0n) is 7.88. The average molecular weight is 175 g/mol. The highest BCUT2D eigenvalue weighted by Crippen LogP contribution is 1.97. The molecule has 0 radical (unpaired) electrons. The minimum absolute atomic E-state index is 1.16. The summed E-state index contributed by atoms with van der Waals surface area (Å²) in [6, 6.07) is 6.14. The monoisotopic (exact) mass is 175 g/mol. The quantitative estimate of drug-likeness (QED) is 0.546. The number of aryl methyl sites for hydroxylation is 2. The first-order valence-electron chi connectivity index (χ1n) is 4.25. The maximum absolute atomic E-state index is 2.08. The lowest BCUT2D eigenvalue weighted by atomic mass is 10.4. The average Bonchev–Trinajstić information content (AvgIpc) is 2.53. The Balaban J connectivity index is 2.52. The standard InChI is InChI=1S/C10H13N3/c1-11-7-8-13(9-11)10-5-3-4-6-12(10)2/h3-9H,1-2H3/q+2. The highest BCUT2D eigenvalue weighted by molar-refractivity contribution is 5.13. The van der Waals surface area contributed by atoms with E-state index in [1.165, 1.54) is 0 Å². The summed E-state index contributed by atoms with van der Waals surface area (Å²) in [7, 11) is 4.05. The van der Waals surface area contributed by atoms with Crippen molar-refractivity contribution in [2.45, 2.75) is 0 Å². The third-order valence-electron chi connectivity index (χ3n) is 2.06. The number of hydrogen-bond donors (Lipinski definition) is 0. The molecule has 0 saturated heterocycles. The van der Waals surface area contributed by atoms with Crippen LogP contribution < -0.4 is 9.13 Å². The predicted molar refractivity (Wildman–Crippen MR) is 48.1 cm³/mol. The van der Waals surface area contributed by atoms with Gasteiger partial charge in [-0.3, -0.25) is 0 Å². The Morgan fingerprint density at radius 3 is 2.62 bits per heavy atom. The van der Waals surface area contributed by atoms with E-state index in [1.54, 1.807) is 0 Å². The van der Waals surface area contributed by atoms with Crippen LogP contribution >= 0.6 is 0 Å². The van der Waals surface area contributed by atoms with Gasteiger partial charge in [0.1, 0.15) is 12.4 Å². The zero-order chi connectivity index (χ0) is 9.26. The molecule has 3 heteroatoms. The molecule has 0 aromatic carbocycles. The molecule has 13 heavy (non-hydrogen) atoms. The SMILES string of the molecule is C[n+]1ccn(-c2cccc[n+]2C)c1. The summed E-state index contributed by atoms with van der Waals surface area (Å²) < 4.78 is 6.19. The Labute approximate surface area is 77.5 Å². The molecule has 3 nitrogen and oxygen atoms in total. The van der Waals surface area contributed by atoms with Crippen molar-refractivity contribution in [3.05, 3.63) is 43.1 Å². The van der Waals surface area contributed by atoms with Gasteiger partial charge in [0.05, 0.1) is 20.3 Å². The molecule has 0 bridgehead atoms. The number of hydrogen-bond acceptors (Lipinski definition) is 0. The Morgan fingerprint density at radius 2 is 2.00 bits per heavy atom. The molecule has 0 aliphatic carbocycles. The maximum atomic E-state index is 2.08. The van der Waals surface area contributed by atoms with Gasteiger partial charge in [-0.15, -0.1) is 0 Å². The van der Waals surface area contributed by atoms with E-state index in [-0.39, 0.29) is 0 Å². The van der Waals surface area contributed by atoms with Gasteiger partial charge in [0.25, 0.3) is 12.1 Å². The second-order valence-electron chi connectivity index (χ2n) is 3.16. The van der Waals surface area contributed by atoms with Crippen molar-refractivity contribution in [3.8, 4) is 5.82 Å². The summed E-state index contributed by atoms with van der Waals surface area (Å²) in [6.45, 7) is 0. The number of imidazole rings is 1. The van der Waals surface area contributed by atoms with Crippen molar-refractivity contribution in [1.82, 2.24) is 4.57 Å². The molecule has 0 N–H and O–H groups in total. The van der Waals surface area contributed by atoms with Crippen LogP contribution in [0.5, 0.6) is 0 Å². The van der Waals surface area contributed by atoms with E-state index in [0.29, 0.717) is 0 Å². The van der Waals surface area contributed by atoms with Crippen molar-refractivity contribution >= 4 is 0 Å². The van der Waals surface area contributed by atoms with Gasteiger partial charge in [0.15, 0.2) is 0 Å². The third kappa shape index (κ3) is 1.45. The van der Waals surface area contributed by atoms with E-state index < -0.39 is 0 Å². The minimum Gasteiger partial charge on any atom is -0.239 e. The summed E-state index contributed by atoms with van der Waals surface area (Å²) >= 11 is 0. The lowest BCUT2D eigenvalue weighted by molar-refractivity contribution is -0.677. The van der Waals surface area contributed by atoms with Gasteiger partial charge in [-0.2, -0.15) is 4.57 Å². The largest absolute Gasteiger partial charge is 0.288 e. The van der Waals surface area contributed by atoms with Crippen LogP contribution in [0.15, 0.2) is 43.1 Å². The van der Waals surface area contributed by atoms with Gasteiger partial charge >= 0.3 is 0 Å². The van der Waals surface area contributed by atoms with Crippen LogP contribution in [0.1, 0.15) is 0 Å². The Morgan fingerprint density at radius 1 is 1.15 bits per heavy atom. The van der Waals surface area contributed by atoms with Crippen molar-refractivity contribution in [1.29, 1.82) is 0 Å². The lowest BCUT2D eigenvalue weighted by Crippen LogP contribution is -2.33. The van der Waals surface area contributed by atoms with Gasteiger partial charge in [0, 0.05) is 6.07 Å². The molecule has 0 aliphatic rings. The Kier molecular flexibility index (Phi) is 1.85. The molecule has 2 heterocycles. The molecule has 66 valence electrons. The van der Waals surface area contributed by atoms with Crippen LogP contribution in [0.3, 0.4) is 0 Å². The van der Waals surface area contributed by atoms with Crippen molar-refractivity contribution < 1.29 is 9.13 Å². The van der Waals surface area contributed by atoms with E-state index in [9.17, 15) is 0 Å². The second kappa shape index (κ2) is 3.01. The van der Waals surface area contributed by atoms with Crippen LogP contribution in [0.2, 0.25) is 0 Å². The predicted octanol–water partition coefficient (Wildman–Crippen LogP) is 0.126. The van der Waals surface area contributed by atoms with Crippen molar-refractivity contribution in [3.63, 3.8) is 0 Å². The van der Waals surface area contributed by atoms with Gasteiger partial charge < -0.3 is 0 Å². The summed E-state index contributed by atoms with van der Waals surface area (Å²) in [4.78, 5) is 0. The normalized spacial score (nSPS) is 10.3. The summed E-state index contributed by atoms with van der Waals surface area (Å²) in [6.07, 6.45) is 8.13. The van der Waals surface area contributed by atoms with E-state index in [4.69, 9.17) is 0 Å². The fraction of sp³-hybridized carbons (Fsp3) is 0.200. The van der Waals surface area contributed by atoms with Crippen LogP contribution in [0.25, 0.3) is 5.82 Å². The second-order valence-corrected chi connectivity index (χ2v) is 3.16. The first kappa shape index (κ1) is 7.98. The topological polar surface area (TPSA) is 12.7 Å². The molecule has 2 rings (SSSR count). The molecular weight excluding hydrogens is 162 g/mol. The summed E-state index contributed by atoms with van der Waals surface area (Å²) in [5.41, 5.74) is 0. The summed E-state index contributed by atoms with van der Waals surface area (Å²) in [5.74, 6) is 1.16. The number of nitrogens with zero attached hydrogens (tertiary/aromatic N) is 3. The lowest BCUT2D eigenvalue weighted by Gasteiger charge is -1.96. The molecule has 0 amide bonds. The molecular formula is C10H13N3+2. The molecule has 0 spiro atoms. The highest BCUT2D eigenvalue weighted by atomic mass is 15.2. The van der Waals surface area contributed by atoms with E-state index >= 15 is 0 Å². The molecule has 0 fully saturated rings. The third-order valence-corrected chi connectivity index (χ3v) is 2.06. The van der Waals surface area contributed by atoms with Gasteiger partial charge in [-0.1, -0.05) is 6.07 Å². The first-order chi connectivity index (χ1) is 6.27. The van der Waals surface area contributed by atoms with Gasteiger partial charge in [-0.05, 0) is 6.07 Å². The van der Waals surface area contributed by atoms with Crippen LogP contribution in [0.4, 0.5) is 0 Å². The van der Waals surface area contributed by atoms with E-state index in [0.717, 1.165) is 5.82 Å². The zero-order valence-corrected chi connectivity index (χ0v) is 7.88. The van der Waals surface area contributed by atoms with Crippen LogP contribution in [-0.2, 0) is 14.1 Å². The molecule has 0 atom stereocenters. The van der Waals surface area contributed by atoms with E-state index in [1.807, 2.05) is 55.7 Å². The minimum atomic E-state index is 1.16. The first-order valence-corrected chi connectivity index (χ1v) is 4.25. The van der Waals surface area contributed by atoms with Crippen molar-refractivity contribution in [2.75, 3.05) is 0 Å². The molecule has 2 aromatic heterocycles. The van der Waals surface area contributed by atoms with Gasteiger partial charge in [-0.25, -0.2) is 9.13 Å². The highest BCUT2D eigenvalue weighted by Gasteiger charge is 2.08. The van der Waals surface area contributed by atoms with Crippen LogP contribution in [0, 0.1) is 0 Å². The van der Waals surface area contributed by atoms with Crippen LogP contribution in [-0.4, -0.2) is 4.57 Å². The fourth-order valence-electron chi connectivity index (χ4n) is 1.37. The molecule has 0 saturated carbocycles. The van der Waals surface area contributed by atoms with Crippen molar-refractivity contribution in [2.24, 2.45) is 14.1 Å². The van der Waals surface area contributed by atoms with Gasteiger partial charge in [0.2, 0.25) is 0 Å². The number of pyridine rings is 1. The fourth-order valence-corrected chi connectivity index (χ4v) is 1.37. The van der Waals surface area contributed by atoms with E-state index in [2.05, 4.69) is 15.2 Å². The Bertz CT molecular complexity index is 418. The smallest absolute Gasteiger partial charge is 0.239 e. The summed E-state index contributed by atoms with van der Waals surface area (Å²) in [5, 5.41) is 0.